The summed E-state index contributed by atoms with van der Waals surface area (Å²) in [5.41, 5.74) is 2.88. The Balaban J connectivity index is 2.29. The summed E-state index contributed by atoms with van der Waals surface area (Å²) in [5, 5.41) is 10.7. The van der Waals surface area contributed by atoms with Crippen LogP contribution in [0.4, 0.5) is 0 Å². The van der Waals surface area contributed by atoms with Gasteiger partial charge in [0.1, 0.15) is 0 Å². The average molecular weight is 193 g/mol. The predicted octanol–water partition coefficient (Wildman–Crippen LogP) is 1.78. The van der Waals surface area contributed by atoms with Crippen LogP contribution < -0.4 is 5.32 Å². The number of nitrogens with one attached hydrogen (secondary N) is 2. The Morgan fingerprint density at radius 3 is 2.79 bits per heavy atom. The van der Waals surface area contributed by atoms with Crippen molar-refractivity contribution in [2.45, 2.75) is 38.5 Å². The van der Waals surface area contributed by atoms with Crippen LogP contribution in [-0.2, 0) is 5.41 Å². The molecule has 0 spiro atoms. The first-order chi connectivity index (χ1) is 6.59. The monoisotopic (exact) mass is 193 g/mol. The lowest BCUT2D eigenvalue weighted by Gasteiger charge is -2.20. The summed E-state index contributed by atoms with van der Waals surface area (Å²) < 4.78 is 0. The molecular weight excluding hydrogens is 174 g/mol. The summed E-state index contributed by atoms with van der Waals surface area (Å²) in [6.07, 6.45) is 3.24. The number of rotatable bonds is 1. The quantitative estimate of drug-likeness (QED) is 0.714. The molecule has 1 aromatic rings. The number of nitrogens with zero attached hydrogens (tertiary/aromatic N) is 1. The third-order valence-electron chi connectivity index (χ3n) is 2.92. The molecule has 2 N–H and O–H groups in total. The van der Waals surface area contributed by atoms with Crippen molar-refractivity contribution >= 4 is 0 Å². The van der Waals surface area contributed by atoms with Gasteiger partial charge in [-0.3, -0.25) is 5.10 Å². The second-order valence-corrected chi connectivity index (χ2v) is 5.14. The van der Waals surface area contributed by atoms with E-state index >= 15 is 0 Å². The fourth-order valence-electron chi connectivity index (χ4n) is 2.13. The zero-order valence-electron chi connectivity index (χ0n) is 9.22. The van der Waals surface area contributed by atoms with E-state index in [-0.39, 0.29) is 5.41 Å². The maximum absolute atomic E-state index is 4.18. The number of hydrogen-bond acceptors (Lipinski definition) is 2. The van der Waals surface area contributed by atoms with Crippen LogP contribution >= 0.6 is 0 Å². The van der Waals surface area contributed by atoms with Crippen LogP contribution in [0.5, 0.6) is 0 Å². The lowest BCUT2D eigenvalue weighted by Crippen LogP contribution is -2.17. The van der Waals surface area contributed by atoms with Gasteiger partial charge in [-0.1, -0.05) is 20.8 Å². The van der Waals surface area contributed by atoms with Gasteiger partial charge in [0, 0.05) is 23.6 Å². The predicted molar refractivity (Wildman–Crippen MR) is 57.5 cm³/mol. The molecule has 3 nitrogen and oxygen atoms in total. The van der Waals surface area contributed by atoms with Crippen molar-refractivity contribution in [2.75, 3.05) is 13.1 Å². The summed E-state index contributed by atoms with van der Waals surface area (Å²) >= 11 is 0. The molecule has 0 saturated carbocycles. The molecule has 1 aliphatic rings. The topological polar surface area (TPSA) is 40.7 Å². The molecule has 1 unspecified atom stereocenters. The van der Waals surface area contributed by atoms with Crippen LogP contribution in [-0.4, -0.2) is 23.3 Å². The zero-order valence-corrected chi connectivity index (χ0v) is 9.22. The molecule has 0 bridgehead atoms. The van der Waals surface area contributed by atoms with Gasteiger partial charge in [-0.2, -0.15) is 5.10 Å². The van der Waals surface area contributed by atoms with Crippen molar-refractivity contribution < 1.29 is 0 Å². The van der Waals surface area contributed by atoms with E-state index in [1.54, 1.807) is 0 Å². The molecule has 1 atom stereocenters. The lowest BCUT2D eigenvalue weighted by molar-refractivity contribution is 0.552. The second-order valence-electron chi connectivity index (χ2n) is 5.14. The van der Waals surface area contributed by atoms with Crippen LogP contribution in [0, 0.1) is 0 Å². The minimum atomic E-state index is 0.175. The van der Waals surface area contributed by atoms with Crippen molar-refractivity contribution in [3.05, 3.63) is 17.5 Å². The Bertz CT molecular complexity index is 303. The van der Waals surface area contributed by atoms with Crippen LogP contribution in [0.1, 0.15) is 44.4 Å². The maximum atomic E-state index is 4.18. The number of aromatic nitrogens is 2. The molecule has 1 aromatic heterocycles. The fraction of sp³-hybridized carbons (Fsp3) is 0.727. The summed E-state index contributed by atoms with van der Waals surface area (Å²) in [7, 11) is 0. The largest absolute Gasteiger partial charge is 0.316 e. The maximum Gasteiger partial charge on any atom is 0.0525 e. The van der Waals surface area contributed by atoms with Gasteiger partial charge in [-0.15, -0.1) is 0 Å². The number of hydrogen-bond donors (Lipinski definition) is 2. The number of aromatic amines is 1. The molecule has 2 heterocycles. The van der Waals surface area contributed by atoms with E-state index in [9.17, 15) is 0 Å². The molecule has 3 heteroatoms. The van der Waals surface area contributed by atoms with E-state index < -0.39 is 0 Å². The third kappa shape index (κ3) is 1.69. The Kier molecular flexibility index (Phi) is 2.35. The Hall–Kier alpha value is -0.830. The van der Waals surface area contributed by atoms with E-state index in [2.05, 4.69) is 36.3 Å². The van der Waals surface area contributed by atoms with E-state index in [4.69, 9.17) is 0 Å². The van der Waals surface area contributed by atoms with Crippen LogP contribution in [0.3, 0.4) is 0 Å². The highest BCUT2D eigenvalue weighted by molar-refractivity contribution is 5.28. The highest BCUT2D eigenvalue weighted by Gasteiger charge is 2.26. The van der Waals surface area contributed by atoms with Gasteiger partial charge < -0.3 is 5.32 Å². The Labute approximate surface area is 85.3 Å². The van der Waals surface area contributed by atoms with Crippen LogP contribution in [0.15, 0.2) is 6.20 Å². The van der Waals surface area contributed by atoms with Gasteiger partial charge in [0.25, 0.3) is 0 Å². The van der Waals surface area contributed by atoms with Crippen LogP contribution in [0.2, 0.25) is 0 Å². The van der Waals surface area contributed by atoms with Gasteiger partial charge in [-0.05, 0) is 18.5 Å². The fourth-order valence-corrected chi connectivity index (χ4v) is 2.13. The zero-order chi connectivity index (χ0) is 10.2. The highest BCUT2D eigenvalue weighted by Crippen LogP contribution is 2.31. The Morgan fingerprint density at radius 2 is 2.21 bits per heavy atom. The van der Waals surface area contributed by atoms with Gasteiger partial charge in [-0.25, -0.2) is 0 Å². The minimum Gasteiger partial charge on any atom is -0.316 e. The molecule has 1 aliphatic heterocycles. The van der Waals surface area contributed by atoms with E-state index in [0.29, 0.717) is 5.92 Å². The minimum absolute atomic E-state index is 0.175. The van der Waals surface area contributed by atoms with Crippen LogP contribution in [0.25, 0.3) is 0 Å². The molecule has 14 heavy (non-hydrogen) atoms. The SMILES string of the molecule is CC(C)(C)c1[nH]ncc1C1CCNC1. The van der Waals surface area contributed by atoms with Gasteiger partial charge in [0.05, 0.1) is 6.20 Å². The van der Waals surface area contributed by atoms with Gasteiger partial charge >= 0.3 is 0 Å². The molecule has 1 fully saturated rings. The van der Waals surface area contributed by atoms with E-state index in [1.165, 1.54) is 17.7 Å². The van der Waals surface area contributed by atoms with Crippen molar-refractivity contribution in [3.63, 3.8) is 0 Å². The first kappa shape index (κ1) is 9.71. The standard InChI is InChI=1S/C11H19N3/c1-11(2,3)10-9(7-13-14-10)8-4-5-12-6-8/h7-8,12H,4-6H2,1-3H3,(H,13,14). The molecule has 0 radical (unpaired) electrons. The second kappa shape index (κ2) is 3.39. The van der Waals surface area contributed by atoms with Crippen molar-refractivity contribution in [1.29, 1.82) is 0 Å². The molecule has 0 aliphatic carbocycles. The normalized spacial score (nSPS) is 22.9. The van der Waals surface area contributed by atoms with Crippen molar-refractivity contribution in [3.8, 4) is 0 Å². The smallest absolute Gasteiger partial charge is 0.0525 e. The average Bonchev–Trinajstić information content (AvgIpc) is 2.73. The summed E-state index contributed by atoms with van der Waals surface area (Å²) in [5.74, 6) is 0.656. The first-order valence-corrected chi connectivity index (χ1v) is 5.33. The highest BCUT2D eigenvalue weighted by atomic mass is 15.1. The molecule has 0 aromatic carbocycles. The third-order valence-corrected chi connectivity index (χ3v) is 2.92. The first-order valence-electron chi connectivity index (χ1n) is 5.33. The molecule has 2 rings (SSSR count). The molecular formula is C11H19N3. The molecule has 0 amide bonds. The van der Waals surface area contributed by atoms with E-state index in [0.717, 1.165) is 13.1 Å². The summed E-state index contributed by atoms with van der Waals surface area (Å²) in [6.45, 7) is 8.92. The lowest BCUT2D eigenvalue weighted by atomic mass is 9.85. The van der Waals surface area contributed by atoms with E-state index in [1.807, 2.05) is 6.20 Å². The summed E-state index contributed by atoms with van der Waals surface area (Å²) in [4.78, 5) is 0. The van der Waals surface area contributed by atoms with Gasteiger partial charge in [0.2, 0.25) is 0 Å². The van der Waals surface area contributed by atoms with Gasteiger partial charge in [0.15, 0.2) is 0 Å². The number of H-pyrrole nitrogens is 1. The van der Waals surface area contributed by atoms with Crippen molar-refractivity contribution in [2.24, 2.45) is 0 Å². The molecule has 78 valence electrons. The Morgan fingerprint density at radius 1 is 1.43 bits per heavy atom. The van der Waals surface area contributed by atoms with Crippen molar-refractivity contribution in [1.82, 2.24) is 15.5 Å². The summed E-state index contributed by atoms with van der Waals surface area (Å²) in [6, 6.07) is 0. The molecule has 1 saturated heterocycles.